The zero-order valence-electron chi connectivity index (χ0n) is 3.92. The minimum absolute atomic E-state index is 0. The molecule has 0 aliphatic carbocycles. The van der Waals surface area contributed by atoms with Gasteiger partial charge in [-0.1, -0.05) is 0 Å². The summed E-state index contributed by atoms with van der Waals surface area (Å²) in [6.07, 6.45) is 0. The van der Waals surface area contributed by atoms with Gasteiger partial charge in [0.1, 0.15) is 0 Å². The van der Waals surface area contributed by atoms with Gasteiger partial charge in [-0.3, -0.25) is 4.79 Å². The summed E-state index contributed by atoms with van der Waals surface area (Å²) in [6.45, 7) is 1.59. The maximum Gasteiger partial charge on any atom is 0.202 e. The first-order valence-corrected chi connectivity index (χ1v) is 2.07. The van der Waals surface area contributed by atoms with Crippen molar-refractivity contribution in [2.24, 2.45) is 5.73 Å². The standard InChI is InChI=1S/C3H7NOS.ClH/c1-2(4)3(5)6;/h2H,4H2,1H3,(H,5,6);1H. The Morgan fingerprint density at radius 2 is 2.00 bits per heavy atom. The van der Waals surface area contributed by atoms with E-state index in [1.807, 2.05) is 0 Å². The molecule has 0 aromatic carbocycles. The Balaban J connectivity index is 0. The summed E-state index contributed by atoms with van der Waals surface area (Å²) < 4.78 is 0. The minimum Gasteiger partial charge on any atom is -0.321 e. The molecular formula is C3H8ClNOS. The maximum atomic E-state index is 9.88. The van der Waals surface area contributed by atoms with Crippen molar-refractivity contribution in [1.29, 1.82) is 0 Å². The van der Waals surface area contributed by atoms with Crippen LogP contribution in [0.5, 0.6) is 0 Å². The van der Waals surface area contributed by atoms with Gasteiger partial charge in [-0.15, -0.1) is 25.0 Å². The van der Waals surface area contributed by atoms with Crippen LogP contribution < -0.4 is 5.73 Å². The molecule has 1 atom stereocenters. The largest absolute Gasteiger partial charge is 0.321 e. The van der Waals surface area contributed by atoms with Crippen LogP contribution in [0, 0.1) is 0 Å². The van der Waals surface area contributed by atoms with E-state index in [0.29, 0.717) is 0 Å². The van der Waals surface area contributed by atoms with Crippen LogP contribution in [-0.2, 0) is 4.79 Å². The fourth-order valence-corrected chi connectivity index (χ4v) is 0. The van der Waals surface area contributed by atoms with Crippen LogP contribution in [0.2, 0.25) is 0 Å². The lowest BCUT2D eigenvalue weighted by molar-refractivity contribution is -0.111. The summed E-state index contributed by atoms with van der Waals surface area (Å²) >= 11 is 3.43. The summed E-state index contributed by atoms with van der Waals surface area (Å²) in [4.78, 5) is 9.88. The first-order valence-electron chi connectivity index (χ1n) is 1.63. The monoisotopic (exact) mass is 141 g/mol. The second-order valence-corrected chi connectivity index (χ2v) is 1.57. The molecule has 4 heteroatoms. The number of hydrogen-bond acceptors (Lipinski definition) is 2. The lowest BCUT2D eigenvalue weighted by atomic mass is 10.4. The van der Waals surface area contributed by atoms with E-state index >= 15 is 0 Å². The van der Waals surface area contributed by atoms with Crippen LogP contribution in [0.25, 0.3) is 0 Å². The Morgan fingerprint density at radius 3 is 2.00 bits per heavy atom. The van der Waals surface area contributed by atoms with Gasteiger partial charge in [0.05, 0.1) is 6.04 Å². The van der Waals surface area contributed by atoms with Gasteiger partial charge in [-0.25, -0.2) is 0 Å². The smallest absolute Gasteiger partial charge is 0.202 e. The molecule has 7 heavy (non-hydrogen) atoms. The van der Waals surface area contributed by atoms with Gasteiger partial charge in [0, 0.05) is 0 Å². The van der Waals surface area contributed by atoms with E-state index in [4.69, 9.17) is 5.73 Å². The summed E-state index contributed by atoms with van der Waals surface area (Å²) in [5.74, 6) is 0. The van der Waals surface area contributed by atoms with Gasteiger partial charge in [-0.05, 0) is 6.92 Å². The molecule has 0 rings (SSSR count). The second-order valence-electron chi connectivity index (χ2n) is 1.13. The summed E-state index contributed by atoms with van der Waals surface area (Å²) in [7, 11) is 0. The maximum absolute atomic E-state index is 9.88. The Labute approximate surface area is 54.3 Å². The molecular weight excluding hydrogens is 134 g/mol. The van der Waals surface area contributed by atoms with E-state index in [-0.39, 0.29) is 17.5 Å². The number of carbonyl (C=O) groups excluding carboxylic acids is 1. The van der Waals surface area contributed by atoms with Gasteiger partial charge >= 0.3 is 0 Å². The van der Waals surface area contributed by atoms with Crippen LogP contribution in [0.3, 0.4) is 0 Å². The third kappa shape index (κ3) is 6.27. The molecule has 0 bridgehead atoms. The van der Waals surface area contributed by atoms with Crippen LogP contribution in [0.4, 0.5) is 0 Å². The van der Waals surface area contributed by atoms with E-state index in [9.17, 15) is 4.79 Å². The highest BCUT2D eigenvalue weighted by molar-refractivity contribution is 7.96. The van der Waals surface area contributed by atoms with E-state index < -0.39 is 6.04 Å². The van der Waals surface area contributed by atoms with Crippen molar-refractivity contribution in [2.45, 2.75) is 13.0 Å². The number of hydrogen-bond donors (Lipinski definition) is 2. The molecule has 0 fully saturated rings. The van der Waals surface area contributed by atoms with Gasteiger partial charge in [-0.2, -0.15) is 0 Å². The molecule has 0 spiro atoms. The summed E-state index contributed by atoms with van der Waals surface area (Å²) in [5.41, 5.74) is 5.01. The molecule has 2 N–H and O–H groups in total. The molecule has 2 nitrogen and oxygen atoms in total. The van der Waals surface area contributed by atoms with Crippen molar-refractivity contribution in [3.05, 3.63) is 0 Å². The predicted molar refractivity (Wildman–Crippen MR) is 34.9 cm³/mol. The van der Waals surface area contributed by atoms with Crippen molar-refractivity contribution in [3.63, 3.8) is 0 Å². The molecule has 44 valence electrons. The first kappa shape index (κ1) is 10.3. The van der Waals surface area contributed by atoms with Gasteiger partial charge < -0.3 is 5.73 Å². The SMILES string of the molecule is CC(N)C(=O)S.Cl. The molecule has 0 saturated carbocycles. The highest BCUT2D eigenvalue weighted by Crippen LogP contribution is 1.80. The quantitative estimate of drug-likeness (QED) is 0.513. The highest BCUT2D eigenvalue weighted by Gasteiger charge is 1.96. The van der Waals surface area contributed by atoms with Crippen LogP contribution in [-0.4, -0.2) is 11.2 Å². The van der Waals surface area contributed by atoms with E-state index in [2.05, 4.69) is 12.6 Å². The molecule has 0 aliphatic heterocycles. The average Bonchev–Trinajstić information content (AvgIpc) is 1.36. The minimum atomic E-state index is -0.423. The highest BCUT2D eigenvalue weighted by atomic mass is 35.5. The van der Waals surface area contributed by atoms with Crippen LogP contribution >= 0.6 is 25.0 Å². The Hall–Kier alpha value is 0.270. The van der Waals surface area contributed by atoms with Crippen molar-refractivity contribution in [2.75, 3.05) is 0 Å². The van der Waals surface area contributed by atoms with Gasteiger partial charge in [0.2, 0.25) is 5.12 Å². The lowest BCUT2D eigenvalue weighted by Gasteiger charge is -1.90. The fraction of sp³-hybridized carbons (Fsp3) is 0.667. The zero-order valence-corrected chi connectivity index (χ0v) is 5.63. The Bertz CT molecular complexity index is 66.0. The number of nitrogens with two attached hydrogens (primary N) is 1. The van der Waals surface area contributed by atoms with Gasteiger partial charge in [0.25, 0.3) is 0 Å². The third-order valence-corrected chi connectivity index (χ3v) is 0.797. The zero-order chi connectivity index (χ0) is 5.15. The van der Waals surface area contributed by atoms with Crippen molar-refractivity contribution in [3.8, 4) is 0 Å². The Kier molecular flexibility index (Phi) is 6.51. The van der Waals surface area contributed by atoms with E-state index in [0.717, 1.165) is 0 Å². The van der Waals surface area contributed by atoms with Crippen LogP contribution in [0.1, 0.15) is 6.92 Å². The molecule has 0 saturated heterocycles. The molecule has 0 heterocycles. The Morgan fingerprint density at radius 1 is 1.86 bits per heavy atom. The second kappa shape index (κ2) is 4.43. The van der Waals surface area contributed by atoms with E-state index in [1.165, 1.54) is 0 Å². The lowest BCUT2D eigenvalue weighted by Crippen LogP contribution is -2.21. The molecule has 0 amide bonds. The van der Waals surface area contributed by atoms with Crippen molar-refractivity contribution in [1.82, 2.24) is 0 Å². The summed E-state index contributed by atoms with van der Waals surface area (Å²) in [6, 6.07) is -0.423. The van der Waals surface area contributed by atoms with Crippen molar-refractivity contribution >= 4 is 30.2 Å². The van der Waals surface area contributed by atoms with Crippen molar-refractivity contribution < 1.29 is 4.79 Å². The summed E-state index contributed by atoms with van der Waals surface area (Å²) in [5, 5.41) is -0.269. The number of thiol groups is 1. The van der Waals surface area contributed by atoms with Crippen LogP contribution in [0.15, 0.2) is 0 Å². The average molecular weight is 142 g/mol. The number of halogens is 1. The molecule has 0 aromatic rings. The molecule has 0 radical (unpaired) electrons. The number of rotatable bonds is 1. The fourth-order valence-electron chi connectivity index (χ4n) is 0. The number of carbonyl (C=O) groups is 1. The van der Waals surface area contributed by atoms with E-state index in [1.54, 1.807) is 6.92 Å². The molecule has 0 aromatic heterocycles. The predicted octanol–water partition coefficient (Wildman–Crippen LogP) is 0.212. The molecule has 0 aliphatic rings. The topological polar surface area (TPSA) is 43.1 Å². The molecule has 1 unspecified atom stereocenters. The first-order chi connectivity index (χ1) is 2.64. The third-order valence-electron chi connectivity index (χ3n) is 0.390. The van der Waals surface area contributed by atoms with Gasteiger partial charge in [0.15, 0.2) is 0 Å². The normalized spacial score (nSPS) is 11.9.